The van der Waals surface area contributed by atoms with E-state index in [1.54, 1.807) is 48.5 Å². The summed E-state index contributed by atoms with van der Waals surface area (Å²) in [6.45, 7) is 2.82. The lowest BCUT2D eigenvalue weighted by Crippen LogP contribution is -2.27. The number of anilines is 2. The minimum Gasteiger partial charge on any atom is -0.415 e. The molecule has 230 valence electrons. The number of aromatic amines is 1. The van der Waals surface area contributed by atoms with Crippen LogP contribution in [0.3, 0.4) is 0 Å². The zero-order valence-electron chi connectivity index (χ0n) is 24.6. The van der Waals surface area contributed by atoms with Crippen molar-refractivity contribution in [3.05, 3.63) is 115 Å². The van der Waals surface area contributed by atoms with Gasteiger partial charge in [-0.3, -0.25) is 14.9 Å². The predicted octanol–water partition coefficient (Wildman–Crippen LogP) is 5.97. The lowest BCUT2D eigenvalue weighted by molar-refractivity contribution is -0.115. The maximum atomic E-state index is 14.3. The highest BCUT2D eigenvalue weighted by Gasteiger charge is 2.31. The zero-order chi connectivity index (χ0) is 31.6. The molecule has 0 bridgehead atoms. The molecule has 0 aliphatic heterocycles. The highest BCUT2D eigenvalue weighted by atomic mass is 31.2. The van der Waals surface area contributed by atoms with Crippen LogP contribution in [-0.2, 0) is 20.6 Å². The minimum atomic E-state index is -3.93. The number of benzene rings is 4. The lowest BCUT2D eigenvalue weighted by Gasteiger charge is -2.23. The van der Waals surface area contributed by atoms with Crippen LogP contribution in [0.15, 0.2) is 103 Å². The van der Waals surface area contributed by atoms with Crippen LogP contribution >= 0.6 is 7.60 Å². The number of amides is 2. The monoisotopic (exact) mass is 625 g/mol. The number of rotatable bonds is 13. The molecule has 1 atom stereocenters. The molecule has 4 N–H and O–H groups in total. The maximum Gasteiger partial charge on any atom is 0.444 e. The molecule has 13 heteroatoms. The third-order valence-electron chi connectivity index (χ3n) is 6.54. The number of nitrogens with one attached hydrogen (secondary N) is 4. The van der Waals surface area contributed by atoms with Gasteiger partial charge in [0.1, 0.15) is 17.8 Å². The smallest absolute Gasteiger partial charge is 0.415 e. The van der Waals surface area contributed by atoms with E-state index >= 15 is 0 Å². The summed E-state index contributed by atoms with van der Waals surface area (Å²) in [5, 5.41) is 23.1. The van der Waals surface area contributed by atoms with Gasteiger partial charge in [0.15, 0.2) is 5.82 Å². The van der Waals surface area contributed by atoms with Gasteiger partial charge in [0.2, 0.25) is 11.8 Å². The van der Waals surface area contributed by atoms with Gasteiger partial charge in [-0.05, 0) is 71.6 Å². The maximum absolute atomic E-state index is 14.3. The number of nitrogens with zero attached hydrogens (tertiary/aromatic N) is 3. The van der Waals surface area contributed by atoms with E-state index in [1.807, 2.05) is 42.5 Å². The van der Waals surface area contributed by atoms with Gasteiger partial charge < -0.3 is 19.7 Å². The van der Waals surface area contributed by atoms with E-state index in [2.05, 4.69) is 48.7 Å². The number of H-pyrrole nitrogens is 1. The van der Waals surface area contributed by atoms with Crippen LogP contribution in [0.4, 0.5) is 11.4 Å². The zero-order valence-corrected chi connectivity index (χ0v) is 25.5. The molecule has 0 radical (unpaired) electrons. The Labute approximate surface area is 260 Å². The Hall–Kier alpha value is -5.32. The topological polar surface area (TPSA) is 160 Å². The van der Waals surface area contributed by atoms with Crippen LogP contribution < -0.4 is 25.0 Å². The number of carbonyl (C=O) groups excluding carboxylic acids is 2. The van der Waals surface area contributed by atoms with Crippen LogP contribution in [0.1, 0.15) is 31.3 Å². The average molecular weight is 626 g/mol. The van der Waals surface area contributed by atoms with Gasteiger partial charge in [-0.2, -0.15) is 5.21 Å². The summed E-state index contributed by atoms with van der Waals surface area (Å²) in [4.78, 5) is 22.8. The Morgan fingerprint density at radius 3 is 1.78 bits per heavy atom. The number of carbonyl (C=O) groups is 2. The van der Waals surface area contributed by atoms with Crippen molar-refractivity contribution >= 4 is 30.8 Å². The molecule has 12 nitrogen and oxygen atoms in total. The Balaban J connectivity index is 1.35. The summed E-state index contributed by atoms with van der Waals surface area (Å²) in [5.74, 6) is 0.500. The molecular weight excluding hydrogens is 593 g/mol. The van der Waals surface area contributed by atoms with Crippen LogP contribution in [0.2, 0.25) is 0 Å². The fourth-order valence-electron chi connectivity index (χ4n) is 4.50. The summed E-state index contributed by atoms with van der Waals surface area (Å²) < 4.78 is 26.2. The Morgan fingerprint density at radius 2 is 1.29 bits per heavy atom. The van der Waals surface area contributed by atoms with Gasteiger partial charge in [0.05, 0.1) is 6.04 Å². The van der Waals surface area contributed by atoms with Crippen LogP contribution in [0, 0.1) is 0 Å². The molecule has 5 aromatic rings. The van der Waals surface area contributed by atoms with E-state index in [4.69, 9.17) is 9.05 Å². The van der Waals surface area contributed by atoms with Crippen molar-refractivity contribution in [2.75, 3.05) is 16.9 Å². The predicted molar refractivity (Wildman–Crippen MR) is 171 cm³/mol. The fourth-order valence-corrected chi connectivity index (χ4v) is 6.00. The molecule has 0 aliphatic carbocycles. The second kappa shape index (κ2) is 14.4. The lowest BCUT2D eigenvalue weighted by atomic mass is 10.0. The molecule has 0 fully saturated rings. The Morgan fingerprint density at radius 1 is 0.756 bits per heavy atom. The molecule has 1 heterocycles. The second-order valence-corrected chi connectivity index (χ2v) is 12.1. The average Bonchev–Trinajstić information content (AvgIpc) is 3.57. The molecule has 0 saturated carbocycles. The van der Waals surface area contributed by atoms with E-state index in [9.17, 15) is 14.2 Å². The molecule has 0 saturated heterocycles. The van der Waals surface area contributed by atoms with Gasteiger partial charge in [0, 0.05) is 25.2 Å². The first-order valence-electron chi connectivity index (χ1n) is 14.1. The standard InChI is InChI=1S/C32H32N7O5P/c1-22(40)34-27-12-16-29(17-13-27)43-45(42,44-30-18-14-28(15-19-30)35-23(2)41)21-33-31(32-36-38-39-37-32)20-24-8-10-26(11-9-24)25-6-4-3-5-7-25/h3-19,31,33H,20-21H2,1-2H3,(H,34,40)(H,35,41)(H,36,37,38,39)/t31-/m0/s1. The highest BCUT2D eigenvalue weighted by molar-refractivity contribution is 7.54. The highest BCUT2D eigenvalue weighted by Crippen LogP contribution is 2.48. The van der Waals surface area contributed by atoms with Gasteiger partial charge in [-0.1, -0.05) is 59.8 Å². The van der Waals surface area contributed by atoms with E-state index in [0.717, 1.165) is 16.7 Å². The van der Waals surface area contributed by atoms with E-state index < -0.39 is 13.6 Å². The quantitative estimate of drug-likeness (QED) is 0.116. The van der Waals surface area contributed by atoms with Gasteiger partial charge in [-0.15, -0.1) is 10.2 Å². The van der Waals surface area contributed by atoms with Crippen molar-refractivity contribution in [2.45, 2.75) is 26.3 Å². The molecule has 45 heavy (non-hydrogen) atoms. The SMILES string of the molecule is CC(=O)Nc1ccc(OP(=O)(CN[C@@H](Cc2ccc(-c3ccccc3)cc2)c2nn[nH]n2)Oc2ccc(NC(C)=O)cc2)cc1. The van der Waals surface area contributed by atoms with Crippen molar-refractivity contribution in [3.63, 3.8) is 0 Å². The normalized spacial score (nSPS) is 11.8. The number of aromatic nitrogens is 4. The minimum absolute atomic E-state index is 0.213. The van der Waals surface area contributed by atoms with Crippen molar-refractivity contribution in [1.82, 2.24) is 25.9 Å². The molecular formula is C32H32N7O5P. The first-order valence-corrected chi connectivity index (χ1v) is 15.8. The Kier molecular flexibility index (Phi) is 9.98. The largest absolute Gasteiger partial charge is 0.444 e. The summed E-state index contributed by atoms with van der Waals surface area (Å²) >= 11 is 0. The molecule has 5 rings (SSSR count). The van der Waals surface area contributed by atoms with Crippen molar-refractivity contribution < 1.29 is 23.2 Å². The number of hydrogen-bond donors (Lipinski definition) is 4. The van der Waals surface area contributed by atoms with Gasteiger partial charge >= 0.3 is 7.60 Å². The molecule has 1 aromatic heterocycles. The second-order valence-electron chi connectivity index (χ2n) is 10.2. The molecule has 0 aliphatic rings. The summed E-state index contributed by atoms with van der Waals surface area (Å²) in [5.41, 5.74) is 4.32. The van der Waals surface area contributed by atoms with E-state index in [0.29, 0.717) is 23.6 Å². The van der Waals surface area contributed by atoms with Crippen molar-refractivity contribution in [2.24, 2.45) is 0 Å². The number of hydrogen-bond acceptors (Lipinski definition) is 9. The first kappa shape index (κ1) is 31.1. The van der Waals surface area contributed by atoms with Crippen LogP contribution in [0.25, 0.3) is 11.1 Å². The third-order valence-corrected chi connectivity index (χ3v) is 8.09. The summed E-state index contributed by atoms with van der Waals surface area (Å²) in [6, 6.07) is 30.6. The van der Waals surface area contributed by atoms with Crippen molar-refractivity contribution in [3.8, 4) is 22.6 Å². The van der Waals surface area contributed by atoms with Crippen molar-refractivity contribution in [1.29, 1.82) is 0 Å². The molecule has 0 spiro atoms. The molecule has 0 unspecified atom stereocenters. The number of tetrazole rings is 1. The third kappa shape index (κ3) is 9.09. The fraction of sp³-hybridized carbons (Fsp3) is 0.156. The van der Waals surface area contributed by atoms with Gasteiger partial charge in [0.25, 0.3) is 0 Å². The van der Waals surface area contributed by atoms with E-state index in [-0.39, 0.29) is 29.6 Å². The molecule has 2 amide bonds. The molecule has 4 aromatic carbocycles. The summed E-state index contributed by atoms with van der Waals surface area (Å²) in [7, 11) is -3.93. The first-order chi connectivity index (χ1) is 21.7. The van der Waals surface area contributed by atoms with Crippen LogP contribution in [-0.4, -0.2) is 38.7 Å². The van der Waals surface area contributed by atoms with E-state index in [1.165, 1.54) is 13.8 Å². The van der Waals surface area contributed by atoms with Gasteiger partial charge in [-0.25, -0.2) is 4.57 Å². The van der Waals surface area contributed by atoms with Crippen LogP contribution in [0.5, 0.6) is 11.5 Å². The Bertz CT molecular complexity index is 1680. The summed E-state index contributed by atoms with van der Waals surface area (Å²) in [6.07, 6.45) is 0.251.